The van der Waals surface area contributed by atoms with Crippen LogP contribution in [0.3, 0.4) is 0 Å². The van der Waals surface area contributed by atoms with Crippen LogP contribution in [-0.4, -0.2) is 34.9 Å². The average molecular weight is 366 g/mol. The normalized spacial score (nSPS) is 19.2. The molecule has 2 aromatic rings. The molecule has 8 heteroatoms. The monoisotopic (exact) mass is 366 g/mol. The Kier molecular flexibility index (Phi) is 3.18. The van der Waals surface area contributed by atoms with Crippen molar-refractivity contribution < 1.29 is 28.5 Å². The minimum Gasteiger partial charge on any atom is -0.454 e. The van der Waals surface area contributed by atoms with Gasteiger partial charge in [-0.2, -0.15) is 0 Å². The average Bonchev–Trinajstić information content (AvgIpc) is 3.22. The molecule has 1 aromatic carbocycles. The summed E-state index contributed by atoms with van der Waals surface area (Å²) in [6.45, 7) is 2.02. The van der Waals surface area contributed by atoms with Crippen LogP contribution in [0.25, 0.3) is 11.3 Å². The lowest BCUT2D eigenvalue weighted by molar-refractivity contribution is -0.222. The Bertz CT molecular complexity index is 1030. The summed E-state index contributed by atoms with van der Waals surface area (Å²) in [6.07, 6.45) is 2.07. The van der Waals surface area contributed by atoms with Gasteiger partial charge < -0.3 is 23.5 Å². The third-order valence-electron chi connectivity index (χ3n) is 4.59. The largest absolute Gasteiger partial charge is 0.454 e. The number of benzene rings is 1. The Morgan fingerprint density at radius 2 is 1.67 bits per heavy atom. The number of hydrogen-bond donors (Lipinski definition) is 0. The van der Waals surface area contributed by atoms with E-state index in [1.807, 2.05) is 34.9 Å². The van der Waals surface area contributed by atoms with E-state index in [1.54, 1.807) is 6.92 Å². The van der Waals surface area contributed by atoms with E-state index in [2.05, 4.69) is 4.99 Å². The number of nitrogens with zero attached hydrogens (tertiary/aromatic N) is 2. The van der Waals surface area contributed by atoms with E-state index in [0.29, 0.717) is 17.2 Å². The Balaban J connectivity index is 1.59. The summed E-state index contributed by atoms with van der Waals surface area (Å²) >= 11 is 0. The van der Waals surface area contributed by atoms with Crippen LogP contribution in [0.5, 0.6) is 11.5 Å². The molecule has 4 heterocycles. The molecule has 0 fully saturated rings. The van der Waals surface area contributed by atoms with E-state index < -0.39 is 17.8 Å². The summed E-state index contributed by atoms with van der Waals surface area (Å²) in [5.74, 6) is -1.74. The molecule has 0 amide bonds. The third kappa shape index (κ3) is 2.49. The van der Waals surface area contributed by atoms with E-state index in [1.165, 1.54) is 0 Å². The van der Waals surface area contributed by atoms with Gasteiger partial charge in [-0.05, 0) is 37.3 Å². The summed E-state index contributed by atoms with van der Waals surface area (Å²) in [5.41, 5.74) is 3.18. The Hall–Kier alpha value is -3.55. The van der Waals surface area contributed by atoms with Crippen LogP contribution in [0.4, 0.5) is 0 Å². The highest BCUT2D eigenvalue weighted by molar-refractivity contribution is 6.00. The zero-order valence-electron chi connectivity index (χ0n) is 14.3. The summed E-state index contributed by atoms with van der Waals surface area (Å²) in [4.78, 5) is 28.1. The summed E-state index contributed by atoms with van der Waals surface area (Å²) in [7, 11) is 0. The topological polar surface area (TPSA) is 88.4 Å². The molecule has 0 radical (unpaired) electrons. The van der Waals surface area contributed by atoms with Crippen molar-refractivity contribution in [2.45, 2.75) is 19.4 Å². The van der Waals surface area contributed by atoms with Gasteiger partial charge in [0.2, 0.25) is 6.79 Å². The predicted octanol–water partition coefficient (Wildman–Crippen LogP) is 2.02. The lowest BCUT2D eigenvalue weighted by Gasteiger charge is -2.32. The standard InChI is InChI=1S/C19H14N2O6/c1-11-13-3-4-14(12-2-5-15-16(8-12)25-10-24-15)21(13)9-19(20-11)26-17(22)6-7-18(23)27-19/h2-8H,9-10H2,1H3. The summed E-state index contributed by atoms with van der Waals surface area (Å²) < 4.78 is 23.4. The maximum atomic E-state index is 11.9. The van der Waals surface area contributed by atoms with Crippen LogP contribution >= 0.6 is 0 Å². The van der Waals surface area contributed by atoms with Gasteiger partial charge in [0.25, 0.3) is 0 Å². The number of esters is 2. The maximum absolute atomic E-state index is 11.9. The smallest absolute Gasteiger partial charge is 0.379 e. The van der Waals surface area contributed by atoms with Gasteiger partial charge in [0.1, 0.15) is 6.54 Å². The highest BCUT2D eigenvalue weighted by Crippen LogP contribution is 2.38. The highest BCUT2D eigenvalue weighted by Gasteiger charge is 2.44. The van der Waals surface area contributed by atoms with Crippen LogP contribution in [-0.2, 0) is 25.6 Å². The third-order valence-corrected chi connectivity index (χ3v) is 4.59. The van der Waals surface area contributed by atoms with E-state index >= 15 is 0 Å². The number of carbonyl (C=O) groups is 2. The second-order valence-corrected chi connectivity index (χ2v) is 6.34. The van der Waals surface area contributed by atoms with Crippen molar-refractivity contribution in [3.63, 3.8) is 0 Å². The number of ether oxygens (including phenoxy) is 4. The van der Waals surface area contributed by atoms with E-state index in [0.717, 1.165) is 29.1 Å². The van der Waals surface area contributed by atoms with Crippen molar-refractivity contribution in [3.8, 4) is 22.8 Å². The molecule has 3 aliphatic heterocycles. The minimum absolute atomic E-state index is 0.0512. The first kappa shape index (κ1) is 15.7. The van der Waals surface area contributed by atoms with Crippen LogP contribution in [0, 0.1) is 0 Å². The molecule has 1 spiro atoms. The number of fused-ring (bicyclic) bond motifs is 2. The fourth-order valence-corrected chi connectivity index (χ4v) is 3.46. The quantitative estimate of drug-likeness (QED) is 0.718. The molecule has 27 heavy (non-hydrogen) atoms. The highest BCUT2D eigenvalue weighted by atomic mass is 16.8. The van der Waals surface area contributed by atoms with Crippen molar-refractivity contribution in [1.82, 2.24) is 4.57 Å². The Morgan fingerprint density at radius 3 is 2.44 bits per heavy atom. The van der Waals surface area contributed by atoms with Gasteiger partial charge >= 0.3 is 17.8 Å². The lowest BCUT2D eigenvalue weighted by atomic mass is 10.1. The molecular formula is C19H14N2O6. The van der Waals surface area contributed by atoms with Gasteiger partial charge in [0, 0.05) is 23.4 Å². The number of rotatable bonds is 1. The van der Waals surface area contributed by atoms with Crippen LogP contribution in [0.2, 0.25) is 0 Å². The first-order chi connectivity index (χ1) is 13.0. The number of aromatic nitrogens is 1. The first-order valence-electron chi connectivity index (χ1n) is 8.33. The van der Waals surface area contributed by atoms with Gasteiger partial charge in [0.15, 0.2) is 11.5 Å². The van der Waals surface area contributed by atoms with E-state index in [-0.39, 0.29) is 13.3 Å². The molecule has 136 valence electrons. The summed E-state index contributed by atoms with van der Waals surface area (Å²) in [5, 5.41) is 0. The first-order valence-corrected chi connectivity index (χ1v) is 8.33. The SMILES string of the molecule is CC1=NC2(Cn3c1ccc3-c1ccc3c(c1)OCO3)OC(=O)C=CC(=O)O2. The van der Waals surface area contributed by atoms with Gasteiger partial charge in [0.05, 0.1) is 11.4 Å². The van der Waals surface area contributed by atoms with Crippen molar-refractivity contribution >= 4 is 17.7 Å². The fourth-order valence-electron chi connectivity index (χ4n) is 3.46. The van der Waals surface area contributed by atoms with Crippen LogP contribution in [0.15, 0.2) is 47.5 Å². The molecule has 0 N–H and O–H groups in total. The minimum atomic E-state index is -1.72. The lowest BCUT2D eigenvalue weighted by Crippen LogP contribution is -2.44. The van der Waals surface area contributed by atoms with Gasteiger partial charge in [-0.1, -0.05) is 0 Å². The number of hydrogen-bond acceptors (Lipinski definition) is 7. The summed E-state index contributed by atoms with van der Waals surface area (Å²) in [6, 6.07) is 9.49. The molecule has 0 unspecified atom stereocenters. The molecular weight excluding hydrogens is 352 g/mol. The van der Waals surface area contributed by atoms with Crippen molar-refractivity contribution in [1.29, 1.82) is 0 Å². The van der Waals surface area contributed by atoms with Gasteiger partial charge in [-0.3, -0.25) is 0 Å². The fraction of sp³-hybridized carbons (Fsp3) is 0.211. The molecule has 1 aromatic heterocycles. The second kappa shape index (κ2) is 5.47. The second-order valence-electron chi connectivity index (χ2n) is 6.34. The van der Waals surface area contributed by atoms with E-state index in [9.17, 15) is 9.59 Å². The van der Waals surface area contributed by atoms with Crippen LogP contribution < -0.4 is 9.47 Å². The van der Waals surface area contributed by atoms with Crippen molar-refractivity contribution in [2.75, 3.05) is 6.79 Å². The zero-order chi connectivity index (χ0) is 18.6. The van der Waals surface area contributed by atoms with Crippen molar-refractivity contribution in [3.05, 3.63) is 48.2 Å². The zero-order valence-corrected chi connectivity index (χ0v) is 14.3. The molecule has 5 rings (SSSR count). The van der Waals surface area contributed by atoms with Gasteiger partial charge in [-0.25, -0.2) is 14.6 Å². The Labute approximate surface area is 153 Å². The number of carbonyl (C=O) groups excluding carboxylic acids is 2. The van der Waals surface area contributed by atoms with Crippen molar-refractivity contribution in [2.24, 2.45) is 4.99 Å². The number of aliphatic imine (C=N–C) groups is 1. The molecule has 0 aliphatic carbocycles. The molecule has 0 saturated heterocycles. The van der Waals surface area contributed by atoms with E-state index in [4.69, 9.17) is 18.9 Å². The molecule has 0 atom stereocenters. The maximum Gasteiger partial charge on any atom is 0.379 e. The molecule has 8 nitrogen and oxygen atoms in total. The molecule has 0 bridgehead atoms. The Morgan fingerprint density at radius 1 is 0.963 bits per heavy atom. The molecule has 3 aliphatic rings. The molecule has 0 saturated carbocycles. The predicted molar refractivity (Wildman–Crippen MR) is 92.3 cm³/mol. The van der Waals surface area contributed by atoms with Crippen LogP contribution in [0.1, 0.15) is 12.6 Å². The van der Waals surface area contributed by atoms with Gasteiger partial charge in [-0.15, -0.1) is 0 Å².